The maximum absolute atomic E-state index is 13.5. The molecule has 10 heteroatoms. The van der Waals surface area contributed by atoms with Crippen molar-refractivity contribution in [3.63, 3.8) is 0 Å². The zero-order chi connectivity index (χ0) is 27.9. The van der Waals surface area contributed by atoms with E-state index in [9.17, 15) is 14.4 Å². The van der Waals surface area contributed by atoms with Crippen LogP contribution in [0.15, 0.2) is 73.1 Å². The fourth-order valence-electron chi connectivity index (χ4n) is 4.72. The number of hydrogen-bond donors (Lipinski definition) is 3. The summed E-state index contributed by atoms with van der Waals surface area (Å²) in [6.07, 6.45) is 3.29. The zero-order valence-corrected chi connectivity index (χ0v) is 22.6. The topological polar surface area (TPSA) is 116 Å². The number of fused-ring (bicyclic) bond motifs is 2. The molecule has 0 bridgehead atoms. The molecule has 0 saturated heterocycles. The molecule has 206 valence electrons. The maximum atomic E-state index is 13.5. The lowest BCUT2D eigenvalue weighted by Crippen LogP contribution is -2.47. The van der Waals surface area contributed by atoms with Crippen molar-refractivity contribution in [2.24, 2.45) is 0 Å². The van der Waals surface area contributed by atoms with Crippen LogP contribution in [0.3, 0.4) is 0 Å². The summed E-state index contributed by atoms with van der Waals surface area (Å²) >= 11 is 6.18. The van der Waals surface area contributed by atoms with E-state index in [-0.39, 0.29) is 30.9 Å². The molecule has 3 N–H and O–H groups in total. The molecule has 0 aliphatic carbocycles. The maximum Gasteiger partial charge on any atom is 0.255 e. The molecule has 5 rings (SSSR count). The SMILES string of the molecule is O=C1CN(C(=O)c2ccc3nc[nH]c3c2)CCCCNC(=O)c2cc(Cl)ccc2OC[C@@H](Cc2ccccc2)N1. The van der Waals surface area contributed by atoms with Crippen LogP contribution < -0.4 is 15.4 Å². The number of hydrogen-bond acceptors (Lipinski definition) is 5. The summed E-state index contributed by atoms with van der Waals surface area (Å²) in [7, 11) is 0. The third-order valence-electron chi connectivity index (χ3n) is 6.75. The number of benzene rings is 3. The molecule has 1 atom stereocenters. The zero-order valence-electron chi connectivity index (χ0n) is 21.9. The van der Waals surface area contributed by atoms with E-state index < -0.39 is 6.04 Å². The second-order valence-corrected chi connectivity index (χ2v) is 10.2. The first-order chi connectivity index (χ1) is 19.5. The summed E-state index contributed by atoms with van der Waals surface area (Å²) < 4.78 is 6.07. The number of halogens is 1. The summed E-state index contributed by atoms with van der Waals surface area (Å²) in [6.45, 7) is 0.762. The van der Waals surface area contributed by atoms with Gasteiger partial charge in [-0.15, -0.1) is 0 Å². The van der Waals surface area contributed by atoms with Crippen LogP contribution in [0.1, 0.15) is 39.1 Å². The molecule has 4 aromatic rings. The van der Waals surface area contributed by atoms with Crippen molar-refractivity contribution in [2.45, 2.75) is 25.3 Å². The number of rotatable bonds is 3. The monoisotopic (exact) mass is 559 g/mol. The number of nitrogens with zero attached hydrogens (tertiary/aromatic N) is 2. The van der Waals surface area contributed by atoms with Crippen LogP contribution in [0.5, 0.6) is 5.75 Å². The van der Waals surface area contributed by atoms with Crippen LogP contribution in [-0.4, -0.2) is 64.9 Å². The molecule has 9 nitrogen and oxygen atoms in total. The Hall–Kier alpha value is -4.37. The molecule has 0 fully saturated rings. The van der Waals surface area contributed by atoms with E-state index in [4.69, 9.17) is 16.3 Å². The highest BCUT2D eigenvalue weighted by molar-refractivity contribution is 6.31. The molecule has 1 aromatic heterocycles. The van der Waals surface area contributed by atoms with E-state index in [0.29, 0.717) is 54.3 Å². The number of carbonyl (C=O) groups is 3. The van der Waals surface area contributed by atoms with Crippen molar-refractivity contribution < 1.29 is 19.1 Å². The van der Waals surface area contributed by atoms with Gasteiger partial charge in [0.05, 0.1) is 35.5 Å². The smallest absolute Gasteiger partial charge is 0.255 e. The lowest BCUT2D eigenvalue weighted by atomic mass is 10.1. The van der Waals surface area contributed by atoms with Gasteiger partial charge in [-0.05, 0) is 61.2 Å². The van der Waals surface area contributed by atoms with E-state index in [1.54, 1.807) is 47.6 Å². The summed E-state index contributed by atoms with van der Waals surface area (Å²) in [4.78, 5) is 48.6. The second-order valence-electron chi connectivity index (χ2n) is 9.73. The van der Waals surface area contributed by atoms with Crippen molar-refractivity contribution in [3.8, 4) is 5.75 Å². The number of carbonyl (C=O) groups excluding carboxylic acids is 3. The summed E-state index contributed by atoms with van der Waals surface area (Å²) in [6, 6.07) is 19.5. The number of H-pyrrole nitrogens is 1. The Labute approximate surface area is 236 Å². The lowest BCUT2D eigenvalue weighted by molar-refractivity contribution is -0.122. The van der Waals surface area contributed by atoms with Gasteiger partial charge in [-0.25, -0.2) is 4.98 Å². The molecule has 3 amide bonds. The molecule has 0 radical (unpaired) electrons. The number of ether oxygens (including phenoxy) is 1. The first kappa shape index (κ1) is 27.2. The van der Waals surface area contributed by atoms with Gasteiger partial charge < -0.3 is 25.3 Å². The van der Waals surface area contributed by atoms with E-state index >= 15 is 0 Å². The third kappa shape index (κ3) is 6.79. The van der Waals surface area contributed by atoms with E-state index in [2.05, 4.69) is 20.6 Å². The average molecular weight is 560 g/mol. The largest absolute Gasteiger partial charge is 0.491 e. The number of aromatic nitrogens is 2. The number of imidazole rings is 1. The van der Waals surface area contributed by atoms with Crippen molar-refractivity contribution >= 4 is 40.4 Å². The van der Waals surface area contributed by atoms with Crippen LogP contribution in [0, 0.1) is 0 Å². The van der Waals surface area contributed by atoms with Crippen LogP contribution in [-0.2, 0) is 11.2 Å². The Bertz CT molecular complexity index is 1510. The fraction of sp³-hybridized carbons (Fsp3) is 0.267. The molecule has 2 heterocycles. The summed E-state index contributed by atoms with van der Waals surface area (Å²) in [5.41, 5.74) is 3.32. The lowest BCUT2D eigenvalue weighted by Gasteiger charge is -2.25. The molecule has 1 aliphatic heterocycles. The molecule has 40 heavy (non-hydrogen) atoms. The Kier molecular flexibility index (Phi) is 8.61. The van der Waals surface area contributed by atoms with Crippen LogP contribution in [0.25, 0.3) is 11.0 Å². The van der Waals surface area contributed by atoms with Gasteiger partial charge in [0.2, 0.25) is 5.91 Å². The minimum Gasteiger partial charge on any atom is -0.491 e. The Balaban J connectivity index is 1.39. The van der Waals surface area contributed by atoms with E-state index in [1.165, 1.54) is 0 Å². The van der Waals surface area contributed by atoms with Gasteiger partial charge in [-0.1, -0.05) is 41.9 Å². The average Bonchev–Trinajstić information content (AvgIpc) is 3.43. The quantitative estimate of drug-likeness (QED) is 0.351. The molecule has 0 saturated carbocycles. The minimum absolute atomic E-state index is 0.107. The highest BCUT2D eigenvalue weighted by Gasteiger charge is 2.23. The van der Waals surface area contributed by atoms with Crippen molar-refractivity contribution in [1.29, 1.82) is 0 Å². The Morgan fingerprint density at radius 1 is 1.05 bits per heavy atom. The molecule has 0 spiro atoms. The number of nitrogens with one attached hydrogen (secondary N) is 3. The summed E-state index contributed by atoms with van der Waals surface area (Å²) in [5.74, 6) is -0.453. The Morgan fingerprint density at radius 2 is 1.90 bits per heavy atom. The Morgan fingerprint density at radius 3 is 2.75 bits per heavy atom. The first-order valence-electron chi connectivity index (χ1n) is 13.2. The van der Waals surface area contributed by atoms with Gasteiger partial charge in [-0.3, -0.25) is 14.4 Å². The minimum atomic E-state index is -0.412. The molecule has 0 unspecified atom stereocenters. The fourth-order valence-corrected chi connectivity index (χ4v) is 4.89. The van der Waals surface area contributed by atoms with Gasteiger partial charge in [0.25, 0.3) is 11.8 Å². The molecule has 1 aliphatic rings. The number of amides is 3. The standard InChI is InChI=1S/C30H30ClN5O4/c31-22-9-11-27-24(16-22)29(38)32-12-4-5-13-36(30(39)21-8-10-25-26(15-21)34-19-33-25)17-28(37)35-23(18-40-27)14-20-6-2-1-3-7-20/h1-3,6-11,15-16,19,23H,4-5,12-14,17-18H2,(H,32,38)(H,33,34)(H,35,37)/t23-/m1/s1. The van der Waals surface area contributed by atoms with E-state index in [0.717, 1.165) is 16.6 Å². The van der Waals surface area contributed by atoms with Gasteiger partial charge in [0, 0.05) is 23.7 Å². The van der Waals surface area contributed by atoms with Gasteiger partial charge in [0.1, 0.15) is 12.4 Å². The van der Waals surface area contributed by atoms with Gasteiger partial charge in [0.15, 0.2) is 0 Å². The predicted molar refractivity (Wildman–Crippen MR) is 153 cm³/mol. The van der Waals surface area contributed by atoms with Crippen molar-refractivity contribution in [1.82, 2.24) is 25.5 Å². The molecular weight excluding hydrogens is 530 g/mol. The highest BCUT2D eigenvalue weighted by atomic mass is 35.5. The molecule has 3 aromatic carbocycles. The van der Waals surface area contributed by atoms with Crippen LogP contribution >= 0.6 is 11.6 Å². The number of aromatic amines is 1. The first-order valence-corrected chi connectivity index (χ1v) is 13.6. The van der Waals surface area contributed by atoms with Crippen molar-refractivity contribution in [3.05, 3.63) is 94.8 Å². The molecular formula is C30H30ClN5O4. The predicted octanol–water partition coefficient (Wildman–Crippen LogP) is 3.99. The highest BCUT2D eigenvalue weighted by Crippen LogP contribution is 2.24. The van der Waals surface area contributed by atoms with Crippen LogP contribution in [0.2, 0.25) is 5.02 Å². The van der Waals surface area contributed by atoms with E-state index in [1.807, 2.05) is 30.3 Å². The van der Waals surface area contributed by atoms with Gasteiger partial charge in [-0.2, -0.15) is 0 Å². The third-order valence-corrected chi connectivity index (χ3v) is 6.98. The summed E-state index contributed by atoms with van der Waals surface area (Å²) in [5, 5.41) is 6.39. The normalized spacial score (nSPS) is 17.1. The second kappa shape index (κ2) is 12.7. The van der Waals surface area contributed by atoms with Gasteiger partial charge >= 0.3 is 0 Å². The van der Waals surface area contributed by atoms with Crippen molar-refractivity contribution in [2.75, 3.05) is 26.2 Å². The van der Waals surface area contributed by atoms with Crippen LogP contribution in [0.4, 0.5) is 0 Å².